The lowest BCUT2D eigenvalue weighted by molar-refractivity contribution is 0.305. The minimum Gasteiger partial charge on any atom is -0.487 e. The average molecular weight is 292 g/mol. The van der Waals surface area contributed by atoms with Gasteiger partial charge < -0.3 is 4.74 Å². The first-order valence-corrected chi connectivity index (χ1v) is 6.25. The van der Waals surface area contributed by atoms with E-state index in [0.29, 0.717) is 6.61 Å². The van der Waals surface area contributed by atoms with Crippen molar-refractivity contribution in [2.24, 2.45) is 0 Å². The second-order valence-corrected chi connectivity index (χ2v) is 4.84. The van der Waals surface area contributed by atoms with Crippen LogP contribution < -0.4 is 4.74 Å². The molecular weight excluding hydrogens is 278 g/mol. The summed E-state index contributed by atoms with van der Waals surface area (Å²) >= 11 is 3.29. The Kier molecular flexibility index (Phi) is 3.79. The average Bonchev–Trinajstić information content (AvgIpc) is 2.33. The summed E-state index contributed by atoms with van der Waals surface area (Å²) in [5.74, 6) is 0.784. The maximum absolute atomic E-state index is 5.66. The maximum atomic E-state index is 5.66. The van der Waals surface area contributed by atoms with Crippen LogP contribution in [0.1, 0.15) is 16.7 Å². The predicted octanol–water partition coefficient (Wildman–Crippen LogP) is 4.04. The predicted molar refractivity (Wildman–Crippen MR) is 72.2 cm³/mol. The Balaban J connectivity index is 2.02. The molecule has 1 heterocycles. The van der Waals surface area contributed by atoms with Crippen LogP contribution in [0.3, 0.4) is 0 Å². The Bertz CT molecular complexity index is 508. The molecule has 17 heavy (non-hydrogen) atoms. The Morgan fingerprint density at radius 3 is 2.59 bits per heavy atom. The molecule has 1 aromatic heterocycles. The number of hydrogen-bond donors (Lipinski definition) is 0. The number of nitrogens with zero attached hydrogens (tertiary/aromatic N) is 1. The minimum atomic E-state index is 0.574. The highest BCUT2D eigenvalue weighted by Crippen LogP contribution is 2.16. The van der Waals surface area contributed by atoms with E-state index in [2.05, 4.69) is 53.0 Å². The summed E-state index contributed by atoms with van der Waals surface area (Å²) in [5.41, 5.74) is 3.77. The molecule has 88 valence electrons. The zero-order chi connectivity index (χ0) is 12.3. The van der Waals surface area contributed by atoms with Gasteiger partial charge in [0.1, 0.15) is 17.0 Å². The van der Waals surface area contributed by atoms with Gasteiger partial charge in [0.15, 0.2) is 0 Å². The van der Waals surface area contributed by atoms with Crippen LogP contribution in [0, 0.1) is 13.8 Å². The molecule has 0 atom stereocenters. The van der Waals surface area contributed by atoms with Gasteiger partial charge in [-0.15, -0.1) is 0 Å². The molecular formula is C14H14BrNO. The van der Waals surface area contributed by atoms with Crippen molar-refractivity contribution in [3.8, 4) is 5.75 Å². The van der Waals surface area contributed by atoms with Crippen molar-refractivity contribution in [2.75, 3.05) is 0 Å². The molecule has 2 aromatic rings. The van der Waals surface area contributed by atoms with Crippen LogP contribution in [0.15, 0.2) is 41.1 Å². The van der Waals surface area contributed by atoms with Crippen molar-refractivity contribution in [1.82, 2.24) is 4.98 Å². The molecule has 0 radical (unpaired) electrons. The lowest BCUT2D eigenvalue weighted by atomic mass is 10.1. The summed E-state index contributed by atoms with van der Waals surface area (Å²) in [7, 11) is 0. The Labute approximate surface area is 110 Å². The van der Waals surface area contributed by atoms with Gasteiger partial charge in [0, 0.05) is 0 Å². The minimum absolute atomic E-state index is 0.574. The highest BCUT2D eigenvalue weighted by molar-refractivity contribution is 9.10. The van der Waals surface area contributed by atoms with Gasteiger partial charge in [0.2, 0.25) is 0 Å². The summed E-state index contributed by atoms with van der Waals surface area (Å²) in [4.78, 5) is 4.11. The van der Waals surface area contributed by atoms with Crippen LogP contribution in [0.5, 0.6) is 5.75 Å². The SMILES string of the molecule is Cc1ccc(COc2ccc(Br)nc2)cc1C. The largest absolute Gasteiger partial charge is 0.487 e. The molecule has 0 unspecified atom stereocenters. The number of benzene rings is 1. The standard InChI is InChI=1S/C14H14BrNO/c1-10-3-4-12(7-11(10)2)9-17-13-5-6-14(15)16-8-13/h3-8H,9H2,1-2H3. The lowest BCUT2D eigenvalue weighted by Crippen LogP contribution is -1.96. The fourth-order valence-corrected chi connectivity index (χ4v) is 1.74. The van der Waals surface area contributed by atoms with Crippen LogP contribution in [-0.4, -0.2) is 4.98 Å². The maximum Gasteiger partial charge on any atom is 0.138 e. The Morgan fingerprint density at radius 1 is 1.12 bits per heavy atom. The van der Waals surface area contributed by atoms with Gasteiger partial charge in [0.05, 0.1) is 6.20 Å². The van der Waals surface area contributed by atoms with E-state index in [0.717, 1.165) is 10.4 Å². The van der Waals surface area contributed by atoms with Gasteiger partial charge >= 0.3 is 0 Å². The number of aromatic nitrogens is 1. The molecule has 1 aromatic carbocycles. The molecule has 0 bridgehead atoms. The van der Waals surface area contributed by atoms with E-state index in [4.69, 9.17) is 4.74 Å². The van der Waals surface area contributed by atoms with Crippen molar-refractivity contribution in [2.45, 2.75) is 20.5 Å². The van der Waals surface area contributed by atoms with Crippen molar-refractivity contribution in [3.63, 3.8) is 0 Å². The first-order chi connectivity index (χ1) is 8.15. The second kappa shape index (κ2) is 5.32. The van der Waals surface area contributed by atoms with Crippen molar-refractivity contribution in [3.05, 3.63) is 57.8 Å². The van der Waals surface area contributed by atoms with E-state index in [9.17, 15) is 0 Å². The van der Waals surface area contributed by atoms with E-state index in [-0.39, 0.29) is 0 Å². The highest BCUT2D eigenvalue weighted by Gasteiger charge is 1.99. The lowest BCUT2D eigenvalue weighted by Gasteiger charge is -2.07. The molecule has 3 heteroatoms. The number of ether oxygens (including phenoxy) is 1. The van der Waals surface area contributed by atoms with Crippen LogP contribution >= 0.6 is 15.9 Å². The van der Waals surface area contributed by atoms with Gasteiger partial charge in [0.25, 0.3) is 0 Å². The van der Waals surface area contributed by atoms with Gasteiger partial charge in [-0.3, -0.25) is 0 Å². The van der Waals surface area contributed by atoms with Crippen LogP contribution in [-0.2, 0) is 6.61 Å². The first-order valence-electron chi connectivity index (χ1n) is 5.45. The number of hydrogen-bond acceptors (Lipinski definition) is 2. The Morgan fingerprint density at radius 2 is 1.94 bits per heavy atom. The van der Waals surface area contributed by atoms with Crippen molar-refractivity contribution >= 4 is 15.9 Å². The summed E-state index contributed by atoms with van der Waals surface area (Å²) < 4.78 is 6.47. The monoisotopic (exact) mass is 291 g/mol. The molecule has 0 N–H and O–H groups in total. The fourth-order valence-electron chi connectivity index (χ4n) is 1.51. The number of pyridine rings is 1. The third-order valence-corrected chi connectivity index (χ3v) is 3.15. The number of rotatable bonds is 3. The van der Waals surface area contributed by atoms with Crippen LogP contribution in [0.4, 0.5) is 0 Å². The van der Waals surface area contributed by atoms with E-state index < -0.39 is 0 Å². The number of aryl methyl sites for hydroxylation is 2. The molecule has 2 rings (SSSR count). The van der Waals surface area contributed by atoms with Crippen molar-refractivity contribution in [1.29, 1.82) is 0 Å². The summed E-state index contributed by atoms with van der Waals surface area (Å²) in [6.45, 7) is 4.79. The molecule has 0 aliphatic carbocycles. The van der Waals surface area contributed by atoms with Gasteiger partial charge in [-0.2, -0.15) is 0 Å². The summed E-state index contributed by atoms with van der Waals surface area (Å²) in [6, 6.07) is 10.1. The molecule has 0 saturated carbocycles. The summed E-state index contributed by atoms with van der Waals surface area (Å²) in [6.07, 6.45) is 1.71. The van der Waals surface area contributed by atoms with Crippen LogP contribution in [0.25, 0.3) is 0 Å². The topological polar surface area (TPSA) is 22.1 Å². The smallest absolute Gasteiger partial charge is 0.138 e. The molecule has 0 aliphatic heterocycles. The highest BCUT2D eigenvalue weighted by atomic mass is 79.9. The third kappa shape index (κ3) is 3.30. The van der Waals surface area contributed by atoms with E-state index >= 15 is 0 Å². The fraction of sp³-hybridized carbons (Fsp3) is 0.214. The van der Waals surface area contributed by atoms with E-state index in [1.165, 1.54) is 16.7 Å². The molecule has 0 spiro atoms. The van der Waals surface area contributed by atoms with Crippen LogP contribution in [0.2, 0.25) is 0 Å². The van der Waals surface area contributed by atoms with E-state index in [1.54, 1.807) is 6.20 Å². The summed E-state index contributed by atoms with van der Waals surface area (Å²) in [5, 5.41) is 0. The van der Waals surface area contributed by atoms with Gasteiger partial charge in [-0.05, 0) is 58.6 Å². The molecule has 2 nitrogen and oxygen atoms in total. The molecule has 0 saturated heterocycles. The molecule has 0 fully saturated rings. The second-order valence-electron chi connectivity index (χ2n) is 4.02. The van der Waals surface area contributed by atoms with Gasteiger partial charge in [-0.1, -0.05) is 18.2 Å². The zero-order valence-electron chi connectivity index (χ0n) is 9.90. The van der Waals surface area contributed by atoms with Crippen molar-refractivity contribution < 1.29 is 4.74 Å². The van der Waals surface area contributed by atoms with E-state index in [1.807, 2.05) is 12.1 Å². The van der Waals surface area contributed by atoms with Gasteiger partial charge in [-0.25, -0.2) is 4.98 Å². The Hall–Kier alpha value is -1.35. The number of halogens is 1. The normalized spacial score (nSPS) is 10.3. The third-order valence-electron chi connectivity index (χ3n) is 2.68. The molecule has 0 aliphatic rings. The first kappa shape index (κ1) is 12.1. The molecule has 0 amide bonds. The zero-order valence-corrected chi connectivity index (χ0v) is 11.5. The quantitative estimate of drug-likeness (QED) is 0.796.